The van der Waals surface area contributed by atoms with Gasteiger partial charge in [-0.25, -0.2) is 4.39 Å². The Morgan fingerprint density at radius 1 is 1.13 bits per heavy atom. The molecule has 1 N–H and O–H groups in total. The molecule has 0 fully saturated rings. The van der Waals surface area contributed by atoms with Gasteiger partial charge in [0.15, 0.2) is 0 Å². The highest BCUT2D eigenvalue weighted by Crippen LogP contribution is 2.12. The third-order valence-corrected chi connectivity index (χ3v) is 3.04. The van der Waals surface area contributed by atoms with Crippen molar-refractivity contribution >= 4 is 11.9 Å². The van der Waals surface area contributed by atoms with E-state index in [0.29, 0.717) is 16.9 Å². The highest BCUT2D eigenvalue weighted by Gasteiger charge is 2.10. The maximum Gasteiger partial charge on any atom is 0.325 e. The van der Waals surface area contributed by atoms with Gasteiger partial charge in [-0.15, -0.1) is 0 Å². The molecule has 2 aromatic rings. The number of halogens is 1. The summed E-state index contributed by atoms with van der Waals surface area (Å²) in [7, 11) is 1.50. The van der Waals surface area contributed by atoms with Crippen molar-refractivity contribution in [1.29, 1.82) is 0 Å². The number of carbonyl (C=O) groups excluding carboxylic acids is 2. The van der Waals surface area contributed by atoms with E-state index in [2.05, 4.69) is 5.32 Å². The predicted octanol–water partition coefficient (Wildman–Crippen LogP) is 2.31. The molecule has 0 aliphatic carbocycles. The Hall–Kier alpha value is -2.89. The van der Waals surface area contributed by atoms with Crippen molar-refractivity contribution in [2.45, 2.75) is 6.61 Å². The monoisotopic (exact) mass is 317 g/mol. The summed E-state index contributed by atoms with van der Waals surface area (Å²) >= 11 is 0. The molecule has 1 amide bonds. The maximum atomic E-state index is 12.7. The molecule has 0 aliphatic rings. The fourth-order valence-corrected chi connectivity index (χ4v) is 1.81. The molecule has 0 bridgehead atoms. The number of benzene rings is 2. The van der Waals surface area contributed by atoms with Crippen LogP contribution in [0.2, 0.25) is 0 Å². The number of esters is 1. The second kappa shape index (κ2) is 7.93. The maximum absolute atomic E-state index is 12.7. The Bertz CT molecular complexity index is 685. The number of nitrogens with one attached hydrogen (secondary N) is 1. The molecule has 0 aromatic heterocycles. The van der Waals surface area contributed by atoms with E-state index in [-0.39, 0.29) is 19.0 Å². The first-order valence-corrected chi connectivity index (χ1v) is 6.91. The van der Waals surface area contributed by atoms with Crippen LogP contribution in [-0.4, -0.2) is 25.5 Å². The molecule has 120 valence electrons. The van der Waals surface area contributed by atoms with E-state index >= 15 is 0 Å². The Kier molecular flexibility index (Phi) is 5.68. The lowest BCUT2D eigenvalue weighted by Crippen LogP contribution is -2.30. The third kappa shape index (κ3) is 5.10. The lowest BCUT2D eigenvalue weighted by Gasteiger charge is -2.07. The van der Waals surface area contributed by atoms with Crippen LogP contribution in [-0.2, 0) is 16.1 Å². The van der Waals surface area contributed by atoms with Crippen molar-refractivity contribution in [3.63, 3.8) is 0 Å². The molecule has 0 radical (unpaired) electrons. The van der Waals surface area contributed by atoms with Crippen LogP contribution >= 0.6 is 0 Å². The zero-order valence-corrected chi connectivity index (χ0v) is 12.5. The van der Waals surface area contributed by atoms with E-state index in [9.17, 15) is 14.0 Å². The van der Waals surface area contributed by atoms with Crippen LogP contribution in [0.3, 0.4) is 0 Å². The van der Waals surface area contributed by atoms with Crippen LogP contribution in [0.1, 0.15) is 15.9 Å². The molecule has 5 nitrogen and oxygen atoms in total. The van der Waals surface area contributed by atoms with Gasteiger partial charge >= 0.3 is 5.97 Å². The number of amides is 1. The van der Waals surface area contributed by atoms with Crippen LogP contribution in [0, 0.1) is 5.82 Å². The van der Waals surface area contributed by atoms with E-state index in [4.69, 9.17) is 9.47 Å². The van der Waals surface area contributed by atoms with Crippen LogP contribution in [0.4, 0.5) is 4.39 Å². The highest BCUT2D eigenvalue weighted by molar-refractivity contribution is 5.96. The largest absolute Gasteiger partial charge is 0.497 e. The fourth-order valence-electron chi connectivity index (χ4n) is 1.81. The molecular formula is C17H16FNO4. The van der Waals surface area contributed by atoms with Gasteiger partial charge in [-0.1, -0.05) is 18.2 Å². The summed E-state index contributed by atoms with van der Waals surface area (Å²) in [5.41, 5.74) is 1.05. The molecule has 0 spiro atoms. The smallest absolute Gasteiger partial charge is 0.325 e. The standard InChI is InChI=1S/C17H16FNO4/c1-22-15-4-2-3-13(9-15)17(21)19-10-16(20)23-11-12-5-7-14(18)8-6-12/h2-9H,10-11H2,1H3,(H,19,21). The molecule has 2 rings (SSSR count). The van der Waals surface area contributed by atoms with Gasteiger partial charge in [-0.05, 0) is 35.9 Å². The van der Waals surface area contributed by atoms with E-state index in [1.54, 1.807) is 24.3 Å². The third-order valence-electron chi connectivity index (χ3n) is 3.04. The molecule has 0 atom stereocenters. The Labute approximate surface area is 133 Å². The van der Waals surface area contributed by atoms with Gasteiger partial charge in [0.05, 0.1) is 7.11 Å². The van der Waals surface area contributed by atoms with E-state index in [1.165, 1.54) is 31.4 Å². The molecule has 23 heavy (non-hydrogen) atoms. The van der Waals surface area contributed by atoms with Crippen LogP contribution < -0.4 is 10.1 Å². The van der Waals surface area contributed by atoms with Gasteiger partial charge in [-0.2, -0.15) is 0 Å². The number of methoxy groups -OCH3 is 1. The number of hydrogen-bond acceptors (Lipinski definition) is 4. The van der Waals surface area contributed by atoms with Crippen molar-refractivity contribution in [3.05, 3.63) is 65.5 Å². The summed E-state index contributed by atoms with van der Waals surface area (Å²) in [5, 5.41) is 2.47. The number of ether oxygens (including phenoxy) is 2. The van der Waals surface area contributed by atoms with E-state index < -0.39 is 11.9 Å². The molecule has 0 saturated carbocycles. The summed E-state index contributed by atoms with van der Waals surface area (Å²) in [5.74, 6) is -0.782. The summed E-state index contributed by atoms with van der Waals surface area (Å²) in [4.78, 5) is 23.5. The number of rotatable bonds is 6. The van der Waals surface area contributed by atoms with Gasteiger partial charge < -0.3 is 14.8 Å². The van der Waals surface area contributed by atoms with Gasteiger partial charge in [0.1, 0.15) is 24.7 Å². The minimum atomic E-state index is -0.578. The first-order chi connectivity index (χ1) is 11.1. The lowest BCUT2D eigenvalue weighted by atomic mass is 10.2. The van der Waals surface area contributed by atoms with Gasteiger partial charge in [0.25, 0.3) is 5.91 Å². The number of carbonyl (C=O) groups is 2. The lowest BCUT2D eigenvalue weighted by molar-refractivity contribution is -0.143. The van der Waals surface area contributed by atoms with Crippen LogP contribution in [0.5, 0.6) is 5.75 Å². The topological polar surface area (TPSA) is 64.6 Å². The normalized spacial score (nSPS) is 10.0. The Morgan fingerprint density at radius 3 is 2.57 bits per heavy atom. The minimum Gasteiger partial charge on any atom is -0.497 e. The van der Waals surface area contributed by atoms with Gasteiger partial charge in [0, 0.05) is 5.56 Å². The average Bonchev–Trinajstić information content (AvgIpc) is 2.59. The van der Waals surface area contributed by atoms with Crippen molar-refractivity contribution in [3.8, 4) is 5.75 Å². The summed E-state index contributed by atoms with van der Waals surface area (Å²) in [6.07, 6.45) is 0. The SMILES string of the molecule is COc1cccc(C(=O)NCC(=O)OCc2ccc(F)cc2)c1. The zero-order valence-electron chi connectivity index (χ0n) is 12.5. The molecule has 0 saturated heterocycles. The summed E-state index contributed by atoms with van der Waals surface area (Å²) < 4.78 is 22.8. The van der Waals surface area contributed by atoms with Crippen LogP contribution in [0.25, 0.3) is 0 Å². The fraction of sp³-hybridized carbons (Fsp3) is 0.176. The Balaban J connectivity index is 1.79. The molecule has 2 aromatic carbocycles. The van der Waals surface area contributed by atoms with Gasteiger partial charge in [0.2, 0.25) is 0 Å². The van der Waals surface area contributed by atoms with Gasteiger partial charge in [-0.3, -0.25) is 9.59 Å². The van der Waals surface area contributed by atoms with Crippen molar-refractivity contribution in [2.75, 3.05) is 13.7 Å². The molecule has 6 heteroatoms. The predicted molar refractivity (Wildman–Crippen MR) is 81.5 cm³/mol. The molecule has 0 unspecified atom stereocenters. The first kappa shape index (κ1) is 16.5. The number of hydrogen-bond donors (Lipinski definition) is 1. The molecular weight excluding hydrogens is 301 g/mol. The van der Waals surface area contributed by atoms with Crippen molar-refractivity contribution < 1.29 is 23.5 Å². The quantitative estimate of drug-likeness (QED) is 0.830. The second-order valence-corrected chi connectivity index (χ2v) is 4.70. The van der Waals surface area contributed by atoms with E-state index in [1.807, 2.05) is 0 Å². The molecule has 0 heterocycles. The van der Waals surface area contributed by atoms with Crippen molar-refractivity contribution in [1.82, 2.24) is 5.32 Å². The second-order valence-electron chi connectivity index (χ2n) is 4.70. The van der Waals surface area contributed by atoms with Crippen LogP contribution in [0.15, 0.2) is 48.5 Å². The summed E-state index contributed by atoms with van der Waals surface area (Å²) in [6.45, 7) is -0.231. The highest BCUT2D eigenvalue weighted by atomic mass is 19.1. The average molecular weight is 317 g/mol. The minimum absolute atomic E-state index is 0.0220. The summed E-state index contributed by atoms with van der Waals surface area (Å²) in [6, 6.07) is 12.2. The first-order valence-electron chi connectivity index (χ1n) is 6.91. The Morgan fingerprint density at radius 2 is 1.87 bits per heavy atom. The zero-order chi connectivity index (χ0) is 16.7. The van der Waals surface area contributed by atoms with Crippen molar-refractivity contribution in [2.24, 2.45) is 0 Å². The van der Waals surface area contributed by atoms with E-state index in [0.717, 1.165) is 0 Å². The molecule has 0 aliphatic heterocycles.